The third kappa shape index (κ3) is 5.69. The Morgan fingerprint density at radius 3 is 2.64 bits per heavy atom. The molecule has 3 rings (SSSR count). The van der Waals surface area contributed by atoms with Crippen molar-refractivity contribution in [2.75, 3.05) is 17.6 Å². The van der Waals surface area contributed by atoms with Crippen LogP contribution in [0.3, 0.4) is 0 Å². The van der Waals surface area contributed by atoms with Crippen LogP contribution in [0, 0.1) is 0 Å². The Balaban J connectivity index is 1.52. The molecule has 7 nitrogen and oxygen atoms in total. The second-order valence-corrected chi connectivity index (χ2v) is 8.61. The van der Waals surface area contributed by atoms with E-state index < -0.39 is 10.0 Å². The van der Waals surface area contributed by atoms with Gasteiger partial charge in [-0.15, -0.1) is 6.58 Å². The summed E-state index contributed by atoms with van der Waals surface area (Å²) < 4.78 is 31.7. The Kier molecular flexibility index (Phi) is 6.50. The topological polar surface area (TPSA) is 101 Å². The first-order valence-corrected chi connectivity index (χ1v) is 11.0. The zero-order chi connectivity index (χ0) is 20.0. The van der Waals surface area contributed by atoms with Gasteiger partial charge in [0.25, 0.3) is 5.22 Å². The third-order valence-electron chi connectivity index (χ3n) is 3.64. The third-order valence-corrected chi connectivity index (χ3v) is 5.79. The van der Waals surface area contributed by atoms with Gasteiger partial charge in [0.2, 0.25) is 15.9 Å². The molecule has 0 radical (unpaired) electrons. The van der Waals surface area contributed by atoms with Crippen LogP contribution in [0.2, 0.25) is 0 Å². The summed E-state index contributed by atoms with van der Waals surface area (Å²) in [5.74, 6) is -0.197. The largest absolute Gasteiger partial charge is 0.431 e. The zero-order valence-electron chi connectivity index (χ0n) is 14.9. The van der Waals surface area contributed by atoms with Crippen molar-refractivity contribution < 1.29 is 17.6 Å². The molecule has 1 heterocycles. The van der Waals surface area contributed by atoms with Gasteiger partial charge >= 0.3 is 0 Å². The summed E-state index contributed by atoms with van der Waals surface area (Å²) in [4.78, 5) is 16.4. The minimum absolute atomic E-state index is 0.136. The number of rotatable bonds is 9. The van der Waals surface area contributed by atoms with E-state index in [1.54, 1.807) is 24.3 Å². The molecule has 0 unspecified atom stereocenters. The van der Waals surface area contributed by atoms with Crippen molar-refractivity contribution in [3.05, 3.63) is 66.7 Å². The number of nitrogens with zero attached hydrogens (tertiary/aromatic N) is 1. The van der Waals surface area contributed by atoms with Gasteiger partial charge in [0, 0.05) is 12.2 Å². The molecule has 0 saturated heterocycles. The zero-order valence-corrected chi connectivity index (χ0v) is 16.6. The van der Waals surface area contributed by atoms with Crippen molar-refractivity contribution in [2.24, 2.45) is 0 Å². The van der Waals surface area contributed by atoms with Crippen LogP contribution >= 0.6 is 11.8 Å². The van der Waals surface area contributed by atoms with Gasteiger partial charge in [0.05, 0.1) is 11.5 Å². The van der Waals surface area contributed by atoms with Crippen LogP contribution in [0.25, 0.3) is 11.1 Å². The number of carbonyl (C=O) groups excluding carboxylic acids is 1. The van der Waals surface area contributed by atoms with E-state index in [4.69, 9.17) is 4.42 Å². The lowest BCUT2D eigenvalue weighted by atomic mass is 10.2. The first kappa shape index (κ1) is 20.1. The highest BCUT2D eigenvalue weighted by atomic mass is 32.2. The van der Waals surface area contributed by atoms with E-state index in [0.29, 0.717) is 22.1 Å². The standard InChI is InChI=1S/C19H19N3O4S2/c1-2-11-20-28(24,25)13-14-7-9-15(10-8-14)21-18(23)12-27-19-22-16-5-3-4-6-17(16)26-19/h2-10,20H,1,11-13H2,(H,21,23). The van der Waals surface area contributed by atoms with Crippen LogP contribution in [0.5, 0.6) is 0 Å². The molecule has 0 fully saturated rings. The lowest BCUT2D eigenvalue weighted by Crippen LogP contribution is -2.25. The number of sulfonamides is 1. The van der Waals surface area contributed by atoms with Crippen LogP contribution in [0.15, 0.2) is 70.8 Å². The Bertz CT molecular complexity index is 1040. The number of thioether (sulfide) groups is 1. The SMILES string of the molecule is C=CCNS(=O)(=O)Cc1ccc(NC(=O)CSc2nc3ccccc3o2)cc1. The summed E-state index contributed by atoms with van der Waals surface area (Å²) in [7, 11) is -3.41. The molecule has 2 aromatic carbocycles. The fraction of sp³-hybridized carbons (Fsp3) is 0.158. The average molecular weight is 418 g/mol. The van der Waals surface area contributed by atoms with Crippen LogP contribution in [-0.4, -0.2) is 31.6 Å². The van der Waals surface area contributed by atoms with Gasteiger partial charge in [-0.1, -0.05) is 42.1 Å². The van der Waals surface area contributed by atoms with Crippen molar-refractivity contribution in [3.8, 4) is 0 Å². The predicted molar refractivity (Wildman–Crippen MR) is 111 cm³/mol. The summed E-state index contributed by atoms with van der Waals surface area (Å²) in [6, 6.07) is 14.1. The molecule has 9 heteroatoms. The molecule has 0 atom stereocenters. The first-order valence-electron chi connectivity index (χ1n) is 8.40. The Hall–Kier alpha value is -2.62. The maximum absolute atomic E-state index is 12.1. The number of benzene rings is 2. The van der Waals surface area contributed by atoms with Crippen molar-refractivity contribution in [1.82, 2.24) is 9.71 Å². The first-order chi connectivity index (χ1) is 13.4. The van der Waals surface area contributed by atoms with Gasteiger partial charge in [-0.2, -0.15) is 0 Å². The van der Waals surface area contributed by atoms with E-state index in [0.717, 1.165) is 5.52 Å². The van der Waals surface area contributed by atoms with Crippen LogP contribution < -0.4 is 10.0 Å². The van der Waals surface area contributed by atoms with E-state index in [-0.39, 0.29) is 24.0 Å². The molecule has 0 spiro atoms. The summed E-state index contributed by atoms with van der Waals surface area (Å²) in [5, 5.41) is 3.20. The number of fused-ring (bicyclic) bond motifs is 1. The summed E-state index contributed by atoms with van der Waals surface area (Å²) >= 11 is 1.21. The number of carbonyl (C=O) groups is 1. The fourth-order valence-electron chi connectivity index (χ4n) is 2.38. The van der Waals surface area contributed by atoms with Crippen LogP contribution in [0.1, 0.15) is 5.56 Å². The van der Waals surface area contributed by atoms with Gasteiger partial charge < -0.3 is 9.73 Å². The van der Waals surface area contributed by atoms with E-state index >= 15 is 0 Å². The van der Waals surface area contributed by atoms with E-state index in [1.807, 2.05) is 24.3 Å². The quantitative estimate of drug-likeness (QED) is 0.410. The highest BCUT2D eigenvalue weighted by molar-refractivity contribution is 7.99. The Morgan fingerprint density at radius 1 is 1.18 bits per heavy atom. The monoisotopic (exact) mass is 417 g/mol. The average Bonchev–Trinajstić information content (AvgIpc) is 3.09. The summed E-state index contributed by atoms with van der Waals surface area (Å²) in [6.45, 7) is 3.67. The maximum Gasteiger partial charge on any atom is 0.257 e. The summed E-state index contributed by atoms with van der Waals surface area (Å²) in [5.41, 5.74) is 2.64. The molecule has 1 amide bonds. The van der Waals surface area contributed by atoms with Crippen molar-refractivity contribution in [2.45, 2.75) is 11.0 Å². The lowest BCUT2D eigenvalue weighted by molar-refractivity contribution is -0.113. The number of amides is 1. The van der Waals surface area contributed by atoms with Gasteiger partial charge in [-0.05, 0) is 29.8 Å². The number of hydrogen-bond donors (Lipinski definition) is 2. The van der Waals surface area contributed by atoms with Gasteiger partial charge in [-0.3, -0.25) is 4.79 Å². The second-order valence-electron chi connectivity index (χ2n) is 5.88. The number of hydrogen-bond acceptors (Lipinski definition) is 6. The van der Waals surface area contributed by atoms with Crippen LogP contribution in [0.4, 0.5) is 5.69 Å². The molecule has 0 bridgehead atoms. The van der Waals surface area contributed by atoms with Crippen molar-refractivity contribution in [1.29, 1.82) is 0 Å². The number of oxazole rings is 1. The Morgan fingerprint density at radius 2 is 1.93 bits per heavy atom. The van der Waals surface area contributed by atoms with E-state index in [9.17, 15) is 13.2 Å². The molecule has 0 aliphatic carbocycles. The Labute approximate surface area is 167 Å². The van der Waals surface area contributed by atoms with Gasteiger partial charge in [0.15, 0.2) is 5.58 Å². The minimum atomic E-state index is -3.41. The van der Waals surface area contributed by atoms with Gasteiger partial charge in [0.1, 0.15) is 5.52 Å². The second kappa shape index (κ2) is 9.05. The molecule has 0 saturated carbocycles. The molecular formula is C19H19N3O4S2. The summed E-state index contributed by atoms with van der Waals surface area (Å²) in [6.07, 6.45) is 1.48. The lowest BCUT2D eigenvalue weighted by Gasteiger charge is -2.07. The highest BCUT2D eigenvalue weighted by Gasteiger charge is 2.11. The molecule has 3 aromatic rings. The van der Waals surface area contributed by atoms with Crippen LogP contribution in [-0.2, 0) is 20.6 Å². The van der Waals surface area contributed by atoms with E-state index in [2.05, 4.69) is 21.6 Å². The van der Waals surface area contributed by atoms with Crippen molar-refractivity contribution >= 4 is 44.5 Å². The van der Waals surface area contributed by atoms with Gasteiger partial charge in [-0.25, -0.2) is 18.1 Å². The normalized spacial score (nSPS) is 11.4. The smallest absolute Gasteiger partial charge is 0.257 e. The number of nitrogens with one attached hydrogen (secondary N) is 2. The number of aromatic nitrogens is 1. The maximum atomic E-state index is 12.1. The predicted octanol–water partition coefficient (Wildman–Crippen LogP) is 3.16. The molecule has 28 heavy (non-hydrogen) atoms. The molecule has 146 valence electrons. The van der Waals surface area contributed by atoms with Crippen molar-refractivity contribution in [3.63, 3.8) is 0 Å². The molecular weight excluding hydrogens is 398 g/mol. The van der Waals surface area contributed by atoms with E-state index in [1.165, 1.54) is 17.8 Å². The fourth-order valence-corrected chi connectivity index (χ4v) is 4.12. The number of anilines is 1. The highest BCUT2D eigenvalue weighted by Crippen LogP contribution is 2.23. The number of para-hydroxylation sites is 2. The molecule has 0 aliphatic rings. The molecule has 2 N–H and O–H groups in total. The molecule has 1 aromatic heterocycles. The molecule has 0 aliphatic heterocycles. The minimum Gasteiger partial charge on any atom is -0.431 e.